The highest BCUT2D eigenvalue weighted by Crippen LogP contribution is 2.45. The van der Waals surface area contributed by atoms with Crippen LogP contribution in [0.1, 0.15) is 0 Å². The van der Waals surface area contributed by atoms with Gasteiger partial charge in [-0.1, -0.05) is 91.0 Å². The molecule has 9 aromatic rings. The predicted molar refractivity (Wildman–Crippen MR) is 194 cm³/mol. The first kappa shape index (κ1) is 25.0. The third kappa shape index (κ3) is 3.32. The minimum atomic E-state index is -0.0159. The number of benzene rings is 7. The van der Waals surface area contributed by atoms with Gasteiger partial charge in [-0.3, -0.25) is 0 Å². The summed E-state index contributed by atoms with van der Waals surface area (Å²) < 4.78 is 15.9. The van der Waals surface area contributed by atoms with Crippen LogP contribution in [0.5, 0.6) is 11.5 Å². The van der Waals surface area contributed by atoms with E-state index < -0.39 is 0 Å². The summed E-state index contributed by atoms with van der Waals surface area (Å²) in [6.45, 7) is -0.0159. The maximum absolute atomic E-state index is 6.86. The summed E-state index contributed by atoms with van der Waals surface area (Å²) >= 11 is 0. The van der Waals surface area contributed by atoms with Crippen molar-refractivity contribution in [1.29, 1.82) is 0 Å². The van der Waals surface area contributed by atoms with Crippen LogP contribution in [-0.4, -0.2) is 11.3 Å². The van der Waals surface area contributed by atoms with E-state index in [1.165, 1.54) is 43.6 Å². The lowest BCUT2D eigenvalue weighted by Crippen LogP contribution is -2.58. The molecule has 5 heteroatoms. The van der Waals surface area contributed by atoms with Gasteiger partial charge >= 0.3 is 0 Å². The van der Waals surface area contributed by atoms with Crippen molar-refractivity contribution in [2.24, 2.45) is 0 Å². The third-order valence-corrected chi connectivity index (χ3v) is 9.99. The second-order valence-corrected chi connectivity index (χ2v) is 12.5. The van der Waals surface area contributed by atoms with E-state index >= 15 is 0 Å². The molecular formula is C42H25BN2O2. The summed E-state index contributed by atoms with van der Waals surface area (Å²) in [5.74, 6) is 1.76. The van der Waals surface area contributed by atoms with E-state index in [1.807, 2.05) is 6.07 Å². The number of fused-ring (bicyclic) bond motifs is 11. The summed E-state index contributed by atoms with van der Waals surface area (Å²) in [5.41, 5.74) is 12.2. The molecule has 218 valence electrons. The lowest BCUT2D eigenvalue weighted by atomic mass is 9.34. The van der Waals surface area contributed by atoms with Gasteiger partial charge in [0.25, 0.3) is 6.71 Å². The minimum Gasteiger partial charge on any atom is -0.458 e. The Bertz CT molecular complexity index is 2690. The maximum atomic E-state index is 6.86. The predicted octanol–water partition coefficient (Wildman–Crippen LogP) is 9.09. The molecule has 2 aliphatic rings. The van der Waals surface area contributed by atoms with E-state index in [9.17, 15) is 0 Å². The number of rotatable bonds is 3. The first-order valence-electron chi connectivity index (χ1n) is 16.1. The van der Waals surface area contributed by atoms with Crippen LogP contribution < -0.4 is 26.0 Å². The summed E-state index contributed by atoms with van der Waals surface area (Å²) in [6, 6.07) is 53.7. The molecular weight excluding hydrogens is 575 g/mol. The Morgan fingerprint density at radius 2 is 1.19 bits per heavy atom. The number of ether oxygens (including phenoxy) is 1. The van der Waals surface area contributed by atoms with Gasteiger partial charge in [-0.15, -0.1) is 0 Å². The molecule has 47 heavy (non-hydrogen) atoms. The molecule has 2 aromatic heterocycles. The number of hydrogen-bond acceptors (Lipinski definition) is 3. The molecule has 0 radical (unpaired) electrons. The standard InChI is InChI=1S/C42H25BN2O2/c1-3-13-26(14-4-1)44(27-15-5-2-6-16-27)28-23-34-41-38(24-28)47-36-22-12-9-19-31(36)43(41)32-25-37-39(30-18-8-11-21-35(30)46-37)40-29-17-7-10-20-33(29)45(34)42(32)40/h1-25H. The Morgan fingerprint density at radius 3 is 2.00 bits per heavy atom. The zero-order valence-corrected chi connectivity index (χ0v) is 25.2. The molecule has 4 nitrogen and oxygen atoms in total. The first-order valence-corrected chi connectivity index (χ1v) is 16.1. The van der Waals surface area contributed by atoms with E-state index in [0.717, 1.165) is 50.8 Å². The maximum Gasteiger partial charge on any atom is 0.256 e. The molecule has 0 unspecified atom stereocenters. The van der Waals surface area contributed by atoms with Crippen molar-refractivity contribution in [3.05, 3.63) is 152 Å². The molecule has 0 saturated heterocycles. The molecule has 0 bridgehead atoms. The van der Waals surface area contributed by atoms with Gasteiger partial charge in [0, 0.05) is 44.7 Å². The van der Waals surface area contributed by atoms with Gasteiger partial charge in [0.05, 0.1) is 16.7 Å². The highest BCUT2D eigenvalue weighted by molar-refractivity contribution is 6.99. The van der Waals surface area contributed by atoms with Crippen LogP contribution in [0.15, 0.2) is 156 Å². The third-order valence-electron chi connectivity index (χ3n) is 9.99. The van der Waals surface area contributed by atoms with Crippen LogP contribution in [-0.2, 0) is 0 Å². The molecule has 0 atom stereocenters. The van der Waals surface area contributed by atoms with E-state index in [0.29, 0.717) is 0 Å². The van der Waals surface area contributed by atoms with Crippen molar-refractivity contribution in [3.63, 3.8) is 0 Å². The van der Waals surface area contributed by atoms with Gasteiger partial charge in [0.2, 0.25) is 0 Å². The monoisotopic (exact) mass is 600 g/mol. The molecule has 4 heterocycles. The number of anilines is 3. The van der Waals surface area contributed by atoms with Gasteiger partial charge in [-0.25, -0.2) is 0 Å². The van der Waals surface area contributed by atoms with Crippen molar-refractivity contribution in [2.75, 3.05) is 4.90 Å². The molecule has 0 aliphatic carbocycles. The fraction of sp³-hybridized carbons (Fsp3) is 0. The van der Waals surface area contributed by atoms with Crippen molar-refractivity contribution < 1.29 is 9.15 Å². The van der Waals surface area contributed by atoms with Crippen LogP contribution in [0, 0.1) is 0 Å². The lowest BCUT2D eigenvalue weighted by Gasteiger charge is -2.35. The van der Waals surface area contributed by atoms with Gasteiger partial charge in [0.1, 0.15) is 22.7 Å². The smallest absolute Gasteiger partial charge is 0.256 e. The van der Waals surface area contributed by atoms with Crippen molar-refractivity contribution in [3.8, 4) is 17.2 Å². The van der Waals surface area contributed by atoms with Crippen molar-refractivity contribution in [2.45, 2.75) is 0 Å². The second kappa shape index (κ2) is 9.18. The fourth-order valence-corrected chi connectivity index (χ4v) is 8.17. The molecule has 0 saturated carbocycles. The van der Waals surface area contributed by atoms with E-state index in [2.05, 4.69) is 155 Å². The molecule has 11 rings (SSSR count). The Kier molecular flexibility index (Phi) is 4.89. The van der Waals surface area contributed by atoms with Crippen LogP contribution in [0.4, 0.5) is 17.1 Å². The van der Waals surface area contributed by atoms with Gasteiger partial charge < -0.3 is 18.6 Å². The summed E-state index contributed by atoms with van der Waals surface area (Å²) in [6.07, 6.45) is 0. The molecule has 0 spiro atoms. The topological polar surface area (TPSA) is 30.5 Å². The number of hydrogen-bond donors (Lipinski definition) is 0. The van der Waals surface area contributed by atoms with Crippen LogP contribution in [0.2, 0.25) is 0 Å². The zero-order chi connectivity index (χ0) is 30.6. The average Bonchev–Trinajstić information content (AvgIpc) is 3.67. The zero-order valence-electron chi connectivity index (χ0n) is 25.2. The highest BCUT2D eigenvalue weighted by atomic mass is 16.5. The molecule has 0 N–H and O–H groups in total. The van der Waals surface area contributed by atoms with Crippen LogP contribution >= 0.6 is 0 Å². The number of aromatic nitrogens is 1. The van der Waals surface area contributed by atoms with Crippen LogP contribution in [0.3, 0.4) is 0 Å². The highest BCUT2D eigenvalue weighted by Gasteiger charge is 2.42. The minimum absolute atomic E-state index is 0.0159. The van der Waals surface area contributed by atoms with Gasteiger partial charge in [0.15, 0.2) is 0 Å². The number of nitrogens with zero attached hydrogens (tertiary/aromatic N) is 2. The Balaban J connectivity index is 1.32. The van der Waals surface area contributed by atoms with Crippen molar-refractivity contribution in [1.82, 2.24) is 4.57 Å². The lowest BCUT2D eigenvalue weighted by molar-refractivity contribution is 0.487. The molecule has 0 fully saturated rings. The van der Waals surface area contributed by atoms with Crippen LogP contribution in [0.25, 0.3) is 49.4 Å². The Hall–Kier alpha value is -6.20. The van der Waals surface area contributed by atoms with E-state index in [1.54, 1.807) is 0 Å². The SMILES string of the molecule is c1ccc(N(c2ccccc2)c2cc3c4c(c2)-n2c5ccccc5c5c6c(cc(c52)B4c2ccccc2O3)oc2ccccc26)cc1. The Labute approximate surface area is 270 Å². The first-order chi connectivity index (χ1) is 23.3. The molecule has 2 aliphatic heterocycles. The van der Waals surface area contributed by atoms with Crippen molar-refractivity contribution >= 4 is 83.9 Å². The summed E-state index contributed by atoms with van der Waals surface area (Å²) in [7, 11) is 0. The van der Waals surface area contributed by atoms with Gasteiger partial charge in [-0.2, -0.15) is 0 Å². The average molecular weight is 600 g/mol. The Morgan fingerprint density at radius 1 is 0.511 bits per heavy atom. The number of para-hydroxylation sites is 5. The summed E-state index contributed by atoms with van der Waals surface area (Å²) in [5, 5.41) is 4.77. The number of furan rings is 1. The van der Waals surface area contributed by atoms with E-state index in [4.69, 9.17) is 9.15 Å². The quantitative estimate of drug-likeness (QED) is 0.190. The normalized spacial score (nSPS) is 12.8. The molecule has 0 amide bonds. The molecule has 7 aromatic carbocycles. The fourth-order valence-electron chi connectivity index (χ4n) is 8.17. The largest absolute Gasteiger partial charge is 0.458 e. The van der Waals surface area contributed by atoms with E-state index in [-0.39, 0.29) is 6.71 Å². The van der Waals surface area contributed by atoms with Gasteiger partial charge in [-0.05, 0) is 71.0 Å². The second-order valence-electron chi connectivity index (χ2n) is 12.5. The summed E-state index contributed by atoms with van der Waals surface area (Å²) in [4.78, 5) is 2.32.